The summed E-state index contributed by atoms with van der Waals surface area (Å²) in [5.74, 6) is -0.839. The van der Waals surface area contributed by atoms with E-state index in [1.807, 2.05) is 0 Å². The van der Waals surface area contributed by atoms with Gasteiger partial charge < -0.3 is 9.47 Å². The molecular weight excluding hydrogens is 239 g/mol. The Kier molecular flexibility index (Phi) is 4.06. The van der Waals surface area contributed by atoms with Gasteiger partial charge in [0.25, 0.3) is 0 Å². The Labute approximate surface area is 104 Å². The topological polar surface area (TPSA) is 52.6 Å². The molecule has 98 valence electrons. The Balaban J connectivity index is 3.00. The molecule has 0 atom stereocenters. The van der Waals surface area contributed by atoms with E-state index in [2.05, 4.69) is 0 Å². The Morgan fingerprint density at radius 3 is 2.44 bits per heavy atom. The van der Waals surface area contributed by atoms with Gasteiger partial charge in [0.1, 0.15) is 11.4 Å². The second kappa shape index (κ2) is 5.16. The lowest BCUT2D eigenvalue weighted by Gasteiger charge is -2.18. The summed E-state index contributed by atoms with van der Waals surface area (Å²) in [6, 6.07) is 3.23. The molecule has 0 aliphatic rings. The first kappa shape index (κ1) is 14.2. The zero-order valence-electron chi connectivity index (χ0n) is 10.7. The quantitative estimate of drug-likeness (QED) is 0.723. The molecule has 0 unspecified atom stereocenters. The lowest BCUT2D eigenvalue weighted by Crippen LogP contribution is -2.27. The lowest BCUT2D eigenvalue weighted by molar-refractivity contribution is 0.0204. The molecule has 1 rings (SSSR count). The third-order valence-electron chi connectivity index (χ3n) is 1.91. The van der Waals surface area contributed by atoms with Crippen molar-refractivity contribution in [1.82, 2.24) is 0 Å². The molecule has 0 amide bonds. The van der Waals surface area contributed by atoms with Crippen LogP contribution in [0.3, 0.4) is 0 Å². The van der Waals surface area contributed by atoms with E-state index < -0.39 is 23.0 Å². The van der Waals surface area contributed by atoms with Crippen LogP contribution in [0.4, 0.5) is 9.18 Å². The van der Waals surface area contributed by atoms with Crippen molar-refractivity contribution in [2.75, 3.05) is 0 Å². The van der Waals surface area contributed by atoms with Crippen LogP contribution in [0.2, 0.25) is 0 Å². The van der Waals surface area contributed by atoms with Crippen molar-refractivity contribution in [3.05, 3.63) is 39.8 Å². The molecule has 1 aromatic carbocycles. The Morgan fingerprint density at radius 2 is 1.89 bits per heavy atom. The van der Waals surface area contributed by atoms with Gasteiger partial charge in [0.15, 0.2) is 5.75 Å². The fourth-order valence-electron chi connectivity index (χ4n) is 1.19. The molecule has 0 aliphatic carbocycles. The summed E-state index contributed by atoms with van der Waals surface area (Å²) >= 11 is 0. The van der Waals surface area contributed by atoms with Crippen molar-refractivity contribution in [3.63, 3.8) is 0 Å². The minimum absolute atomic E-state index is 0.149. The van der Waals surface area contributed by atoms with E-state index in [4.69, 9.17) is 9.47 Å². The van der Waals surface area contributed by atoms with Gasteiger partial charge in [-0.05, 0) is 45.9 Å². The molecule has 4 nitrogen and oxygen atoms in total. The van der Waals surface area contributed by atoms with Gasteiger partial charge in [-0.25, -0.2) is 9.18 Å². The third kappa shape index (κ3) is 4.16. The minimum atomic E-state index is -0.995. The highest BCUT2D eigenvalue weighted by molar-refractivity contribution is 5.64. The van der Waals surface area contributed by atoms with Crippen LogP contribution in [0.25, 0.3) is 0 Å². The third-order valence-corrected chi connectivity index (χ3v) is 1.91. The van der Waals surface area contributed by atoms with Crippen LogP contribution in [0, 0.1) is 12.7 Å². The number of hydrogen-bond acceptors (Lipinski definition) is 4. The second-order valence-corrected chi connectivity index (χ2v) is 4.81. The van der Waals surface area contributed by atoms with Crippen molar-refractivity contribution in [1.29, 1.82) is 0 Å². The first-order chi connectivity index (χ1) is 8.19. The van der Waals surface area contributed by atoms with Crippen LogP contribution in [0.5, 0.6) is 5.75 Å². The molecule has 0 N–H and O–H groups in total. The summed E-state index contributed by atoms with van der Waals surface area (Å²) in [5, 5.41) is 0. The summed E-state index contributed by atoms with van der Waals surface area (Å²) < 4.78 is 22.7. The van der Waals surface area contributed by atoms with Gasteiger partial charge in [-0.3, -0.25) is 4.79 Å². The van der Waals surface area contributed by atoms with Gasteiger partial charge in [-0.2, -0.15) is 0 Å². The zero-order chi connectivity index (χ0) is 13.9. The first-order valence-corrected chi connectivity index (χ1v) is 5.40. The van der Waals surface area contributed by atoms with Crippen molar-refractivity contribution in [2.24, 2.45) is 0 Å². The number of halogens is 1. The van der Waals surface area contributed by atoms with E-state index in [1.165, 1.54) is 6.92 Å². The van der Waals surface area contributed by atoms with E-state index in [-0.39, 0.29) is 11.3 Å². The SMILES string of the molecule is Cc1cc(F)ccc(OC(=O)OC(C)(C)C)c1=O. The van der Waals surface area contributed by atoms with Crippen LogP contribution in [-0.4, -0.2) is 11.8 Å². The van der Waals surface area contributed by atoms with Crippen molar-refractivity contribution >= 4 is 6.16 Å². The Hall–Kier alpha value is -1.91. The van der Waals surface area contributed by atoms with E-state index in [0.717, 1.165) is 18.2 Å². The molecule has 0 fully saturated rings. The van der Waals surface area contributed by atoms with Gasteiger partial charge in [-0.1, -0.05) is 0 Å². The largest absolute Gasteiger partial charge is 0.514 e. The molecule has 0 spiro atoms. The number of hydrogen-bond donors (Lipinski definition) is 0. The number of carbonyl (C=O) groups excluding carboxylic acids is 1. The molecule has 0 heterocycles. The van der Waals surface area contributed by atoms with E-state index in [0.29, 0.717) is 0 Å². The molecule has 0 aromatic heterocycles. The lowest BCUT2D eigenvalue weighted by atomic mass is 10.2. The first-order valence-electron chi connectivity index (χ1n) is 5.40. The highest BCUT2D eigenvalue weighted by Crippen LogP contribution is 2.11. The van der Waals surface area contributed by atoms with Crippen molar-refractivity contribution in [3.8, 4) is 5.75 Å². The maximum absolute atomic E-state index is 13.1. The van der Waals surface area contributed by atoms with Crippen molar-refractivity contribution in [2.45, 2.75) is 33.3 Å². The predicted molar refractivity (Wildman–Crippen MR) is 64.3 cm³/mol. The molecule has 0 saturated heterocycles. The van der Waals surface area contributed by atoms with E-state index >= 15 is 0 Å². The molecule has 18 heavy (non-hydrogen) atoms. The maximum atomic E-state index is 13.1. The van der Waals surface area contributed by atoms with Gasteiger partial charge >= 0.3 is 6.16 Å². The smallest absolute Gasteiger partial charge is 0.428 e. The van der Waals surface area contributed by atoms with E-state index in [9.17, 15) is 14.0 Å². The molecule has 0 aliphatic heterocycles. The average molecular weight is 254 g/mol. The monoisotopic (exact) mass is 254 g/mol. The van der Waals surface area contributed by atoms with Gasteiger partial charge in [0.2, 0.25) is 5.43 Å². The summed E-state index contributed by atoms with van der Waals surface area (Å²) in [4.78, 5) is 23.1. The van der Waals surface area contributed by atoms with Crippen LogP contribution in [0.1, 0.15) is 26.3 Å². The summed E-state index contributed by atoms with van der Waals surface area (Å²) in [6.45, 7) is 6.44. The summed E-state index contributed by atoms with van der Waals surface area (Å²) in [7, 11) is 0. The predicted octanol–water partition coefficient (Wildman–Crippen LogP) is 2.81. The standard InChI is InChI=1S/C13H15FO4/c1-8-7-9(14)5-6-10(11(8)15)17-12(16)18-13(2,3)4/h5-7H,1-4H3. The summed E-state index contributed by atoms with van der Waals surface area (Å²) in [6.07, 6.45) is -0.995. The van der Waals surface area contributed by atoms with Crippen LogP contribution in [0.15, 0.2) is 23.0 Å². The Bertz CT molecular complexity index is 517. The summed E-state index contributed by atoms with van der Waals surface area (Å²) in [5.41, 5.74) is -1.13. The number of ether oxygens (including phenoxy) is 2. The van der Waals surface area contributed by atoms with Crippen molar-refractivity contribution < 1.29 is 18.7 Å². The fourth-order valence-corrected chi connectivity index (χ4v) is 1.19. The highest BCUT2D eigenvalue weighted by Gasteiger charge is 2.19. The van der Waals surface area contributed by atoms with Gasteiger partial charge in [-0.15, -0.1) is 0 Å². The second-order valence-electron chi connectivity index (χ2n) is 4.81. The minimum Gasteiger partial charge on any atom is -0.428 e. The van der Waals surface area contributed by atoms with Gasteiger partial charge in [0, 0.05) is 5.56 Å². The molecule has 1 aromatic rings. The van der Waals surface area contributed by atoms with Crippen LogP contribution in [-0.2, 0) is 4.74 Å². The zero-order valence-corrected chi connectivity index (χ0v) is 10.7. The number of aryl methyl sites for hydroxylation is 1. The van der Waals surface area contributed by atoms with Gasteiger partial charge in [0.05, 0.1) is 0 Å². The number of rotatable bonds is 1. The molecular formula is C13H15FO4. The molecule has 0 radical (unpaired) electrons. The highest BCUT2D eigenvalue weighted by atomic mass is 19.1. The number of carbonyl (C=O) groups is 1. The average Bonchev–Trinajstić information content (AvgIpc) is 2.29. The fraction of sp³-hybridized carbons (Fsp3) is 0.385. The Morgan fingerprint density at radius 1 is 1.28 bits per heavy atom. The van der Waals surface area contributed by atoms with E-state index in [1.54, 1.807) is 20.8 Å². The molecule has 5 heteroatoms. The molecule has 0 bridgehead atoms. The normalized spacial score (nSPS) is 10.9. The molecule has 0 saturated carbocycles. The maximum Gasteiger partial charge on any atom is 0.514 e. The van der Waals surface area contributed by atoms with Crippen LogP contribution < -0.4 is 10.2 Å². The van der Waals surface area contributed by atoms with Crippen LogP contribution >= 0.6 is 0 Å².